The van der Waals surface area contributed by atoms with Crippen LogP contribution in [0.5, 0.6) is 0 Å². The largest absolute Gasteiger partial charge is 0.296 e. The third-order valence-electron chi connectivity index (χ3n) is 4.44. The number of piperazine rings is 1. The number of aromatic nitrogens is 2. The van der Waals surface area contributed by atoms with Gasteiger partial charge in [-0.1, -0.05) is 29.8 Å². The van der Waals surface area contributed by atoms with E-state index in [1.165, 1.54) is 11.1 Å². The molecule has 1 aromatic carbocycles. The van der Waals surface area contributed by atoms with Crippen LogP contribution in [0.2, 0.25) is 0 Å². The molecular formula is C17H24N4O2S. The highest BCUT2D eigenvalue weighted by Gasteiger charge is 2.30. The van der Waals surface area contributed by atoms with Crippen LogP contribution in [0.25, 0.3) is 0 Å². The van der Waals surface area contributed by atoms with Crippen LogP contribution >= 0.6 is 0 Å². The lowest BCUT2D eigenvalue weighted by Crippen LogP contribution is -2.48. The highest BCUT2D eigenvalue weighted by Crippen LogP contribution is 2.20. The first kappa shape index (κ1) is 17.1. The number of rotatable bonds is 4. The summed E-state index contributed by atoms with van der Waals surface area (Å²) in [6.45, 7) is 7.19. The van der Waals surface area contributed by atoms with Crippen LogP contribution in [0.3, 0.4) is 0 Å². The van der Waals surface area contributed by atoms with E-state index in [1.807, 2.05) is 0 Å². The maximum absolute atomic E-state index is 12.8. The summed E-state index contributed by atoms with van der Waals surface area (Å²) in [4.78, 5) is 2.62. The first-order valence-corrected chi connectivity index (χ1v) is 9.58. The summed E-state index contributed by atoms with van der Waals surface area (Å²) in [5, 5.41) is 4.15. The van der Waals surface area contributed by atoms with Crippen LogP contribution in [0.4, 0.5) is 0 Å². The van der Waals surface area contributed by atoms with E-state index < -0.39 is 10.0 Å². The maximum Gasteiger partial charge on any atom is 0.246 e. The van der Waals surface area contributed by atoms with Gasteiger partial charge in [-0.3, -0.25) is 9.58 Å². The molecule has 24 heavy (non-hydrogen) atoms. The summed E-state index contributed by atoms with van der Waals surface area (Å²) in [7, 11) is -1.71. The molecule has 2 heterocycles. The van der Waals surface area contributed by atoms with Crippen molar-refractivity contribution in [2.24, 2.45) is 7.05 Å². The van der Waals surface area contributed by atoms with Gasteiger partial charge in [0.15, 0.2) is 0 Å². The van der Waals surface area contributed by atoms with E-state index in [1.54, 1.807) is 29.2 Å². The van der Waals surface area contributed by atoms with Gasteiger partial charge in [-0.25, -0.2) is 8.42 Å². The standard InChI is InChI=1S/C17H24N4O2S/c1-14-4-6-16(7-5-14)12-20-8-10-21(11-9-20)24(22,23)17-13-19(3)18-15(17)2/h4-7,13H,8-12H2,1-3H3. The van der Waals surface area contributed by atoms with E-state index in [4.69, 9.17) is 0 Å². The van der Waals surface area contributed by atoms with E-state index in [-0.39, 0.29) is 0 Å². The first-order valence-electron chi connectivity index (χ1n) is 8.14. The molecule has 0 spiro atoms. The topological polar surface area (TPSA) is 58.4 Å². The van der Waals surface area contributed by atoms with E-state index in [2.05, 4.69) is 41.2 Å². The predicted molar refractivity (Wildman–Crippen MR) is 93.2 cm³/mol. The van der Waals surface area contributed by atoms with Crippen molar-refractivity contribution in [1.29, 1.82) is 0 Å². The zero-order valence-corrected chi connectivity index (χ0v) is 15.3. The Balaban J connectivity index is 1.64. The summed E-state index contributed by atoms with van der Waals surface area (Å²) in [5.74, 6) is 0. The minimum Gasteiger partial charge on any atom is -0.296 e. The Hall–Kier alpha value is -1.70. The summed E-state index contributed by atoms with van der Waals surface area (Å²) in [5.41, 5.74) is 3.07. The number of aryl methyl sites for hydroxylation is 3. The molecule has 0 saturated carbocycles. The highest BCUT2D eigenvalue weighted by atomic mass is 32.2. The third-order valence-corrected chi connectivity index (χ3v) is 6.45. The molecule has 0 bridgehead atoms. The summed E-state index contributed by atoms with van der Waals surface area (Å²) < 4.78 is 28.7. The monoisotopic (exact) mass is 348 g/mol. The smallest absolute Gasteiger partial charge is 0.246 e. The molecule has 0 atom stereocenters. The molecule has 0 unspecified atom stereocenters. The average Bonchev–Trinajstić information content (AvgIpc) is 2.89. The molecule has 1 fully saturated rings. The van der Waals surface area contributed by atoms with Gasteiger partial charge in [0.05, 0.1) is 5.69 Å². The lowest BCUT2D eigenvalue weighted by Gasteiger charge is -2.33. The molecule has 0 amide bonds. The van der Waals surface area contributed by atoms with Crippen molar-refractivity contribution < 1.29 is 8.42 Å². The molecule has 7 heteroatoms. The molecule has 2 aromatic rings. The van der Waals surface area contributed by atoms with Gasteiger partial charge in [0.1, 0.15) is 4.90 Å². The van der Waals surface area contributed by atoms with Crippen LogP contribution < -0.4 is 0 Å². The molecule has 1 aliphatic heterocycles. The second-order valence-corrected chi connectivity index (χ2v) is 8.32. The Morgan fingerprint density at radius 1 is 1.04 bits per heavy atom. The Morgan fingerprint density at radius 2 is 1.67 bits per heavy atom. The summed E-state index contributed by atoms with van der Waals surface area (Å²) in [6, 6.07) is 8.50. The van der Waals surface area contributed by atoms with Gasteiger partial charge in [0.25, 0.3) is 0 Å². The lowest BCUT2D eigenvalue weighted by molar-refractivity contribution is 0.181. The Kier molecular flexibility index (Phi) is 4.76. The fourth-order valence-electron chi connectivity index (χ4n) is 3.05. The van der Waals surface area contributed by atoms with Gasteiger partial charge in [-0.15, -0.1) is 0 Å². The second kappa shape index (κ2) is 6.66. The Labute approximate surface area is 143 Å². The normalized spacial score (nSPS) is 17.3. The SMILES string of the molecule is Cc1ccc(CN2CCN(S(=O)(=O)c3cn(C)nc3C)CC2)cc1. The predicted octanol–water partition coefficient (Wildman–Crippen LogP) is 1.54. The van der Waals surface area contributed by atoms with Gasteiger partial charge in [-0.05, 0) is 19.4 Å². The number of benzene rings is 1. The Bertz CT molecular complexity index is 804. The first-order chi connectivity index (χ1) is 11.4. The fraction of sp³-hybridized carbons (Fsp3) is 0.471. The summed E-state index contributed by atoms with van der Waals surface area (Å²) >= 11 is 0. The molecule has 0 radical (unpaired) electrons. The fourth-order valence-corrected chi connectivity index (χ4v) is 4.67. The number of hydrogen-bond acceptors (Lipinski definition) is 4. The van der Waals surface area contributed by atoms with E-state index in [0.717, 1.165) is 19.6 Å². The summed E-state index contributed by atoms with van der Waals surface area (Å²) in [6.07, 6.45) is 1.59. The van der Waals surface area contributed by atoms with Crippen molar-refractivity contribution in [2.45, 2.75) is 25.3 Å². The van der Waals surface area contributed by atoms with Crippen molar-refractivity contribution in [3.63, 3.8) is 0 Å². The Morgan fingerprint density at radius 3 is 2.21 bits per heavy atom. The highest BCUT2D eigenvalue weighted by molar-refractivity contribution is 7.89. The van der Waals surface area contributed by atoms with Gasteiger partial charge < -0.3 is 0 Å². The van der Waals surface area contributed by atoms with Crippen LogP contribution in [-0.4, -0.2) is 53.6 Å². The van der Waals surface area contributed by atoms with E-state index in [0.29, 0.717) is 23.7 Å². The minimum atomic E-state index is -3.45. The van der Waals surface area contributed by atoms with Crippen LogP contribution in [0, 0.1) is 13.8 Å². The van der Waals surface area contributed by atoms with Gasteiger partial charge in [0.2, 0.25) is 10.0 Å². The van der Waals surface area contributed by atoms with Crippen LogP contribution in [-0.2, 0) is 23.6 Å². The van der Waals surface area contributed by atoms with Crippen molar-refractivity contribution in [2.75, 3.05) is 26.2 Å². The maximum atomic E-state index is 12.8. The molecule has 1 aromatic heterocycles. The van der Waals surface area contributed by atoms with Gasteiger partial charge >= 0.3 is 0 Å². The minimum absolute atomic E-state index is 0.317. The number of sulfonamides is 1. The lowest BCUT2D eigenvalue weighted by atomic mass is 10.1. The van der Waals surface area contributed by atoms with Crippen LogP contribution in [0.15, 0.2) is 35.4 Å². The average molecular weight is 348 g/mol. The molecule has 3 rings (SSSR count). The zero-order valence-electron chi connectivity index (χ0n) is 14.4. The van der Waals surface area contributed by atoms with Gasteiger partial charge in [-0.2, -0.15) is 9.40 Å². The van der Waals surface area contributed by atoms with Crippen molar-refractivity contribution in [1.82, 2.24) is 19.0 Å². The van der Waals surface area contributed by atoms with E-state index in [9.17, 15) is 8.42 Å². The van der Waals surface area contributed by atoms with Crippen molar-refractivity contribution in [3.05, 3.63) is 47.3 Å². The van der Waals surface area contributed by atoms with E-state index >= 15 is 0 Å². The number of hydrogen-bond donors (Lipinski definition) is 0. The number of nitrogens with zero attached hydrogens (tertiary/aromatic N) is 4. The van der Waals surface area contributed by atoms with Crippen LogP contribution in [0.1, 0.15) is 16.8 Å². The van der Waals surface area contributed by atoms with Crippen molar-refractivity contribution >= 4 is 10.0 Å². The van der Waals surface area contributed by atoms with Crippen molar-refractivity contribution in [3.8, 4) is 0 Å². The molecule has 0 aliphatic carbocycles. The molecule has 6 nitrogen and oxygen atoms in total. The molecular weight excluding hydrogens is 324 g/mol. The second-order valence-electron chi connectivity index (χ2n) is 6.42. The zero-order chi connectivity index (χ0) is 17.3. The third kappa shape index (κ3) is 3.53. The molecule has 1 aliphatic rings. The quantitative estimate of drug-likeness (QED) is 0.841. The molecule has 0 N–H and O–H groups in total. The molecule has 1 saturated heterocycles. The van der Waals surface area contributed by atoms with Gasteiger partial charge in [0, 0.05) is 46.0 Å². The molecule has 130 valence electrons.